The van der Waals surface area contributed by atoms with Gasteiger partial charge in [0.2, 0.25) is 5.78 Å². The van der Waals surface area contributed by atoms with Crippen molar-refractivity contribution in [2.75, 3.05) is 0 Å². The average molecular weight is 346 g/mol. The van der Waals surface area contributed by atoms with E-state index in [1.165, 1.54) is 18.3 Å². The van der Waals surface area contributed by atoms with E-state index in [0.717, 1.165) is 6.42 Å². The largest absolute Gasteiger partial charge is 0.287 e. The summed E-state index contributed by atoms with van der Waals surface area (Å²) in [6.45, 7) is 2.57. The lowest BCUT2D eigenvalue weighted by molar-refractivity contribution is 0.102. The van der Waals surface area contributed by atoms with Crippen LogP contribution in [-0.2, 0) is 6.54 Å². The molecule has 6 heteroatoms. The van der Waals surface area contributed by atoms with E-state index >= 15 is 0 Å². The predicted molar refractivity (Wildman–Crippen MR) is 75.1 cm³/mol. The van der Waals surface area contributed by atoms with Gasteiger partial charge in [0.15, 0.2) is 0 Å². The fourth-order valence-corrected chi connectivity index (χ4v) is 2.22. The molecular formula is C13H11BrClFN2O. The van der Waals surface area contributed by atoms with Crippen molar-refractivity contribution >= 4 is 33.3 Å². The third-order valence-electron chi connectivity index (χ3n) is 2.63. The van der Waals surface area contributed by atoms with Crippen LogP contribution in [0.1, 0.15) is 29.4 Å². The number of aryl methyl sites for hydroxylation is 1. The van der Waals surface area contributed by atoms with Crippen LogP contribution in [-0.4, -0.2) is 15.6 Å². The van der Waals surface area contributed by atoms with Crippen molar-refractivity contribution < 1.29 is 9.18 Å². The molecule has 0 radical (unpaired) electrons. The number of carbonyl (C=O) groups excluding carboxylic acids is 1. The van der Waals surface area contributed by atoms with Crippen LogP contribution >= 0.6 is 27.5 Å². The Kier molecular flexibility index (Phi) is 4.37. The van der Waals surface area contributed by atoms with E-state index in [-0.39, 0.29) is 16.4 Å². The molecule has 1 heterocycles. The summed E-state index contributed by atoms with van der Waals surface area (Å²) in [5.41, 5.74) is 0.547. The molecule has 0 atom stereocenters. The number of aromatic nitrogens is 2. The molecule has 2 aromatic rings. The molecule has 1 aromatic heterocycles. The molecule has 0 fully saturated rings. The van der Waals surface area contributed by atoms with Crippen molar-refractivity contribution in [3.05, 3.63) is 51.0 Å². The minimum Gasteiger partial charge on any atom is -0.287 e. The molecule has 0 bridgehead atoms. The number of hydrogen-bond donors (Lipinski definition) is 0. The number of halogens is 3. The van der Waals surface area contributed by atoms with E-state index in [0.29, 0.717) is 16.7 Å². The zero-order valence-corrected chi connectivity index (χ0v) is 12.5. The molecule has 19 heavy (non-hydrogen) atoms. The summed E-state index contributed by atoms with van der Waals surface area (Å²) in [5, 5.41) is 4.33. The molecule has 0 spiro atoms. The Hall–Kier alpha value is -1.20. The normalized spacial score (nSPS) is 10.7. The van der Waals surface area contributed by atoms with Gasteiger partial charge < -0.3 is 0 Å². The highest BCUT2D eigenvalue weighted by Crippen LogP contribution is 2.22. The molecule has 3 nitrogen and oxygen atoms in total. The van der Waals surface area contributed by atoms with Gasteiger partial charge in [0.1, 0.15) is 11.5 Å². The average Bonchev–Trinajstić information content (AvgIpc) is 2.74. The summed E-state index contributed by atoms with van der Waals surface area (Å²) in [6, 6.07) is 4.23. The second-order valence-corrected chi connectivity index (χ2v) is 5.28. The fraction of sp³-hybridized carbons (Fsp3) is 0.231. The van der Waals surface area contributed by atoms with Crippen molar-refractivity contribution in [3.63, 3.8) is 0 Å². The summed E-state index contributed by atoms with van der Waals surface area (Å²) >= 11 is 9.04. The van der Waals surface area contributed by atoms with Gasteiger partial charge in [0.25, 0.3) is 0 Å². The highest BCUT2D eigenvalue weighted by Gasteiger charge is 2.19. The summed E-state index contributed by atoms with van der Waals surface area (Å²) in [7, 11) is 0. The first-order valence-corrected chi connectivity index (χ1v) is 6.92. The van der Waals surface area contributed by atoms with Crippen LogP contribution in [0.2, 0.25) is 5.02 Å². The van der Waals surface area contributed by atoms with Crippen LogP contribution in [0.3, 0.4) is 0 Å². The maximum Gasteiger partial charge on any atom is 0.212 e. The van der Waals surface area contributed by atoms with Crippen LogP contribution < -0.4 is 0 Å². The van der Waals surface area contributed by atoms with Crippen LogP contribution in [0.15, 0.2) is 28.9 Å². The van der Waals surface area contributed by atoms with Gasteiger partial charge in [0.05, 0.1) is 15.7 Å². The van der Waals surface area contributed by atoms with Gasteiger partial charge in [0, 0.05) is 12.1 Å². The first kappa shape index (κ1) is 14.2. The first-order valence-electron chi connectivity index (χ1n) is 5.75. The molecule has 1 aromatic carbocycles. The molecule has 0 aliphatic carbocycles. The van der Waals surface area contributed by atoms with Crippen LogP contribution in [0, 0.1) is 5.82 Å². The van der Waals surface area contributed by atoms with Gasteiger partial charge in [-0.1, -0.05) is 18.5 Å². The number of ketones is 1. The Labute approximate surface area is 123 Å². The van der Waals surface area contributed by atoms with Gasteiger partial charge in [-0.2, -0.15) is 5.10 Å². The van der Waals surface area contributed by atoms with Gasteiger partial charge in [-0.25, -0.2) is 4.39 Å². The van der Waals surface area contributed by atoms with Gasteiger partial charge in [-0.3, -0.25) is 9.48 Å². The van der Waals surface area contributed by atoms with E-state index < -0.39 is 5.82 Å². The van der Waals surface area contributed by atoms with E-state index in [1.807, 2.05) is 6.92 Å². The van der Waals surface area contributed by atoms with Gasteiger partial charge >= 0.3 is 0 Å². The van der Waals surface area contributed by atoms with E-state index in [2.05, 4.69) is 21.0 Å². The van der Waals surface area contributed by atoms with Crippen LogP contribution in [0.5, 0.6) is 0 Å². The highest BCUT2D eigenvalue weighted by atomic mass is 79.9. The Bertz CT molecular complexity index is 627. The minimum absolute atomic E-state index is 0.250. The number of benzene rings is 1. The Balaban J connectivity index is 2.43. The fourth-order valence-electron chi connectivity index (χ4n) is 1.74. The van der Waals surface area contributed by atoms with Crippen molar-refractivity contribution in [3.8, 4) is 0 Å². The maximum atomic E-state index is 13.5. The van der Waals surface area contributed by atoms with Gasteiger partial charge in [-0.15, -0.1) is 0 Å². The van der Waals surface area contributed by atoms with Crippen LogP contribution in [0.25, 0.3) is 0 Å². The van der Waals surface area contributed by atoms with Crippen molar-refractivity contribution in [1.29, 1.82) is 0 Å². The number of rotatable bonds is 4. The quantitative estimate of drug-likeness (QED) is 0.783. The summed E-state index contributed by atoms with van der Waals surface area (Å²) in [6.07, 6.45) is 2.26. The minimum atomic E-state index is -0.483. The second-order valence-electron chi connectivity index (χ2n) is 4.02. The van der Waals surface area contributed by atoms with Crippen molar-refractivity contribution in [2.45, 2.75) is 19.9 Å². The number of nitrogens with zero attached hydrogens (tertiary/aromatic N) is 2. The lowest BCUT2D eigenvalue weighted by atomic mass is 10.1. The van der Waals surface area contributed by atoms with Gasteiger partial charge in [-0.05, 0) is 40.5 Å². The predicted octanol–water partition coefficient (Wildman–Crippen LogP) is 4.08. The molecule has 0 aliphatic rings. The molecular weight excluding hydrogens is 335 g/mol. The molecule has 100 valence electrons. The molecule has 0 saturated carbocycles. The molecule has 0 aliphatic heterocycles. The Morgan fingerprint density at radius 3 is 2.89 bits per heavy atom. The smallest absolute Gasteiger partial charge is 0.212 e. The van der Waals surface area contributed by atoms with Crippen LogP contribution in [0.4, 0.5) is 4.39 Å². The third kappa shape index (κ3) is 2.87. The van der Waals surface area contributed by atoms with Crippen molar-refractivity contribution in [2.24, 2.45) is 0 Å². The summed E-state index contributed by atoms with van der Waals surface area (Å²) in [5.74, 6) is -0.814. The zero-order valence-electron chi connectivity index (χ0n) is 10.2. The Morgan fingerprint density at radius 1 is 1.53 bits per heavy atom. The molecule has 0 unspecified atom stereocenters. The molecule has 0 N–H and O–H groups in total. The van der Waals surface area contributed by atoms with Crippen molar-refractivity contribution in [1.82, 2.24) is 9.78 Å². The first-order chi connectivity index (χ1) is 9.04. The highest BCUT2D eigenvalue weighted by molar-refractivity contribution is 9.10. The zero-order chi connectivity index (χ0) is 14.0. The Morgan fingerprint density at radius 2 is 2.26 bits per heavy atom. The standard InChI is InChI=1S/C13H11BrClFN2O/c1-2-5-18-12(10(15)7-17-18)13(19)8-3-4-9(14)11(16)6-8/h3-4,6-7H,2,5H2,1H3. The second kappa shape index (κ2) is 5.84. The summed E-state index contributed by atoms with van der Waals surface area (Å²) in [4.78, 5) is 12.4. The lowest BCUT2D eigenvalue weighted by Gasteiger charge is -2.06. The van der Waals surface area contributed by atoms with E-state index in [1.54, 1.807) is 10.7 Å². The topological polar surface area (TPSA) is 34.9 Å². The SMILES string of the molecule is CCCn1ncc(Cl)c1C(=O)c1ccc(Br)c(F)c1. The molecule has 0 saturated heterocycles. The summed E-state index contributed by atoms with van der Waals surface area (Å²) < 4.78 is 15.3. The maximum absolute atomic E-state index is 13.5. The number of hydrogen-bond acceptors (Lipinski definition) is 2. The third-order valence-corrected chi connectivity index (χ3v) is 3.55. The monoisotopic (exact) mass is 344 g/mol. The lowest BCUT2D eigenvalue weighted by Crippen LogP contribution is -2.12. The molecule has 0 amide bonds. The van der Waals surface area contributed by atoms with E-state index in [4.69, 9.17) is 11.6 Å². The van der Waals surface area contributed by atoms with E-state index in [9.17, 15) is 9.18 Å². The number of carbonyl (C=O) groups is 1. The molecule has 2 rings (SSSR count).